The molecule has 138 valence electrons. The van der Waals surface area contributed by atoms with Crippen molar-refractivity contribution < 1.29 is 23.9 Å². The fraction of sp³-hybridized carbons (Fsp3) is 0.471. The summed E-state index contributed by atoms with van der Waals surface area (Å²) in [6.45, 7) is 5.31. The van der Waals surface area contributed by atoms with Gasteiger partial charge in [-0.1, -0.05) is 6.07 Å². The molecule has 0 unspecified atom stereocenters. The number of benzene rings is 1. The van der Waals surface area contributed by atoms with Gasteiger partial charge >= 0.3 is 6.09 Å². The summed E-state index contributed by atoms with van der Waals surface area (Å²) in [5, 5.41) is 7.71. The molecule has 0 aliphatic heterocycles. The van der Waals surface area contributed by atoms with Crippen LogP contribution >= 0.6 is 0 Å². The molecule has 0 saturated carbocycles. The molecule has 0 aliphatic carbocycles. The van der Waals surface area contributed by atoms with Crippen LogP contribution in [-0.4, -0.2) is 43.8 Å². The molecule has 1 aromatic rings. The number of rotatable bonds is 7. The third-order valence-electron chi connectivity index (χ3n) is 2.76. The summed E-state index contributed by atoms with van der Waals surface area (Å²) in [5.41, 5.74) is 0.426. The first kappa shape index (κ1) is 20.4. The van der Waals surface area contributed by atoms with Crippen LogP contribution < -0.4 is 16.0 Å². The minimum Gasteiger partial charge on any atom is -0.444 e. The van der Waals surface area contributed by atoms with Crippen molar-refractivity contribution in [2.24, 2.45) is 0 Å². The van der Waals surface area contributed by atoms with E-state index in [2.05, 4.69) is 16.0 Å². The zero-order chi connectivity index (χ0) is 18.9. The first-order chi connectivity index (χ1) is 11.7. The molecular formula is C17H25N3O5. The Bertz CT molecular complexity index is 611. The van der Waals surface area contributed by atoms with Crippen LogP contribution in [-0.2, 0) is 19.1 Å². The average Bonchev–Trinajstić information content (AvgIpc) is 2.49. The van der Waals surface area contributed by atoms with Crippen molar-refractivity contribution in [1.29, 1.82) is 0 Å². The molecule has 0 atom stereocenters. The number of amides is 3. The minimum atomic E-state index is -0.665. The lowest BCUT2D eigenvalue weighted by molar-refractivity contribution is -0.117. The van der Waals surface area contributed by atoms with Gasteiger partial charge in [-0.15, -0.1) is 0 Å². The molecule has 25 heavy (non-hydrogen) atoms. The lowest BCUT2D eigenvalue weighted by atomic mass is 10.2. The van der Waals surface area contributed by atoms with E-state index in [4.69, 9.17) is 9.47 Å². The van der Waals surface area contributed by atoms with Gasteiger partial charge in [-0.3, -0.25) is 9.59 Å². The van der Waals surface area contributed by atoms with E-state index in [0.717, 1.165) is 0 Å². The molecule has 8 heteroatoms. The van der Waals surface area contributed by atoms with Gasteiger partial charge in [-0.05, 0) is 39.0 Å². The van der Waals surface area contributed by atoms with Crippen molar-refractivity contribution in [2.45, 2.75) is 32.8 Å². The maximum absolute atomic E-state index is 11.9. The highest BCUT2D eigenvalue weighted by atomic mass is 16.6. The van der Waals surface area contributed by atoms with Crippen LogP contribution in [0.1, 0.15) is 27.2 Å². The molecule has 0 bridgehead atoms. The summed E-state index contributed by atoms with van der Waals surface area (Å²) in [6, 6.07) is 6.70. The topological polar surface area (TPSA) is 106 Å². The van der Waals surface area contributed by atoms with Gasteiger partial charge in [0.15, 0.2) is 0 Å². The molecule has 3 amide bonds. The minimum absolute atomic E-state index is 0.183. The van der Waals surface area contributed by atoms with E-state index < -0.39 is 17.6 Å². The number of ether oxygens (including phenoxy) is 2. The Morgan fingerprint density at radius 2 is 1.64 bits per heavy atom. The van der Waals surface area contributed by atoms with Crippen molar-refractivity contribution in [3.8, 4) is 0 Å². The lowest BCUT2D eigenvalue weighted by Gasteiger charge is -2.19. The number of alkyl carbamates (subject to hydrolysis) is 1. The van der Waals surface area contributed by atoms with Gasteiger partial charge in [0.05, 0.1) is 13.0 Å². The summed E-state index contributed by atoms with van der Waals surface area (Å²) in [5.74, 6) is -0.592. The molecule has 0 radical (unpaired) electrons. The van der Waals surface area contributed by atoms with Gasteiger partial charge in [-0.25, -0.2) is 4.79 Å². The Labute approximate surface area is 147 Å². The van der Waals surface area contributed by atoms with Gasteiger partial charge in [-0.2, -0.15) is 0 Å². The first-order valence-corrected chi connectivity index (χ1v) is 7.85. The summed E-state index contributed by atoms with van der Waals surface area (Å²) in [6.07, 6.45) is -0.422. The Hall–Kier alpha value is -2.61. The standard InChI is InChI=1S/C17H25N3O5/c1-17(2,3)25-16(23)18-11-15(22)20-13-7-5-6-12(10-13)19-14(21)8-9-24-4/h5-7,10H,8-9,11H2,1-4H3,(H,18,23)(H,19,21)(H,20,22). The smallest absolute Gasteiger partial charge is 0.408 e. The number of nitrogens with one attached hydrogen (secondary N) is 3. The summed E-state index contributed by atoms with van der Waals surface area (Å²) in [4.78, 5) is 35.0. The zero-order valence-electron chi connectivity index (χ0n) is 15.0. The Morgan fingerprint density at radius 1 is 1.04 bits per heavy atom. The molecule has 1 rings (SSSR count). The fourth-order valence-electron chi connectivity index (χ4n) is 1.76. The SMILES string of the molecule is COCCC(=O)Nc1cccc(NC(=O)CNC(=O)OC(C)(C)C)c1. The third kappa shape index (κ3) is 9.31. The van der Waals surface area contributed by atoms with E-state index >= 15 is 0 Å². The van der Waals surface area contributed by atoms with Crippen molar-refractivity contribution >= 4 is 29.3 Å². The number of anilines is 2. The van der Waals surface area contributed by atoms with Crippen LogP contribution in [0.4, 0.5) is 16.2 Å². The van der Waals surface area contributed by atoms with Crippen molar-refractivity contribution in [3.63, 3.8) is 0 Å². The molecule has 3 N–H and O–H groups in total. The van der Waals surface area contributed by atoms with Crippen LogP contribution in [0.25, 0.3) is 0 Å². The zero-order valence-corrected chi connectivity index (χ0v) is 15.0. The van der Waals surface area contributed by atoms with Crippen LogP contribution in [0.5, 0.6) is 0 Å². The van der Waals surface area contributed by atoms with E-state index in [0.29, 0.717) is 18.0 Å². The number of carbonyl (C=O) groups is 3. The second-order valence-corrected chi connectivity index (χ2v) is 6.28. The van der Waals surface area contributed by atoms with Gasteiger partial charge in [0.25, 0.3) is 0 Å². The van der Waals surface area contributed by atoms with Gasteiger partial charge in [0, 0.05) is 18.5 Å². The van der Waals surface area contributed by atoms with E-state index in [1.54, 1.807) is 45.0 Å². The molecule has 0 spiro atoms. The molecule has 1 aromatic carbocycles. The number of carbonyl (C=O) groups excluding carboxylic acids is 3. The van der Waals surface area contributed by atoms with E-state index in [9.17, 15) is 14.4 Å². The Morgan fingerprint density at radius 3 is 2.20 bits per heavy atom. The second kappa shape index (κ2) is 9.63. The van der Waals surface area contributed by atoms with Crippen molar-refractivity contribution in [2.75, 3.05) is 30.9 Å². The van der Waals surface area contributed by atoms with Crippen LogP contribution in [0.3, 0.4) is 0 Å². The molecule has 0 aromatic heterocycles. The van der Waals surface area contributed by atoms with Gasteiger partial charge in [0.2, 0.25) is 11.8 Å². The quantitative estimate of drug-likeness (QED) is 0.698. The predicted octanol–water partition coefficient (Wildman–Crippen LogP) is 2.12. The van der Waals surface area contributed by atoms with Gasteiger partial charge < -0.3 is 25.4 Å². The number of hydrogen-bond donors (Lipinski definition) is 3. The maximum Gasteiger partial charge on any atom is 0.408 e. The second-order valence-electron chi connectivity index (χ2n) is 6.28. The van der Waals surface area contributed by atoms with Crippen molar-refractivity contribution in [3.05, 3.63) is 24.3 Å². The third-order valence-corrected chi connectivity index (χ3v) is 2.76. The summed E-state index contributed by atoms with van der Waals surface area (Å²) < 4.78 is 9.89. The largest absolute Gasteiger partial charge is 0.444 e. The molecule has 0 saturated heterocycles. The van der Waals surface area contributed by atoms with Crippen molar-refractivity contribution in [1.82, 2.24) is 5.32 Å². The average molecular weight is 351 g/mol. The first-order valence-electron chi connectivity index (χ1n) is 7.85. The van der Waals surface area contributed by atoms with Gasteiger partial charge in [0.1, 0.15) is 12.1 Å². The summed E-state index contributed by atoms with van der Waals surface area (Å²) in [7, 11) is 1.52. The maximum atomic E-state index is 11.9. The normalized spacial score (nSPS) is 10.7. The van der Waals surface area contributed by atoms with E-state index in [1.165, 1.54) is 7.11 Å². The fourth-order valence-corrected chi connectivity index (χ4v) is 1.76. The van der Waals surface area contributed by atoms with E-state index in [-0.39, 0.29) is 18.9 Å². The van der Waals surface area contributed by atoms with E-state index in [1.807, 2.05) is 0 Å². The number of methoxy groups -OCH3 is 1. The molecule has 0 heterocycles. The predicted molar refractivity (Wildman–Crippen MR) is 94.4 cm³/mol. The van der Waals surface area contributed by atoms with Crippen LogP contribution in [0.2, 0.25) is 0 Å². The molecule has 0 fully saturated rings. The van der Waals surface area contributed by atoms with Crippen LogP contribution in [0.15, 0.2) is 24.3 Å². The summed E-state index contributed by atoms with van der Waals surface area (Å²) >= 11 is 0. The highest BCUT2D eigenvalue weighted by Crippen LogP contribution is 2.15. The molecule has 8 nitrogen and oxygen atoms in total. The lowest BCUT2D eigenvalue weighted by Crippen LogP contribution is -2.37. The Kier molecular flexibility index (Phi) is 7.87. The van der Waals surface area contributed by atoms with Crippen LogP contribution in [0, 0.1) is 0 Å². The molecular weight excluding hydrogens is 326 g/mol. The highest BCUT2D eigenvalue weighted by Gasteiger charge is 2.16. The molecule has 0 aliphatic rings. The highest BCUT2D eigenvalue weighted by molar-refractivity contribution is 5.95. The monoisotopic (exact) mass is 351 g/mol. The Balaban J connectivity index is 2.48. The number of hydrogen-bond acceptors (Lipinski definition) is 5.